The zero-order valence-corrected chi connectivity index (χ0v) is 23.7. The van der Waals surface area contributed by atoms with Crippen LogP contribution in [-0.4, -0.2) is 53.4 Å². The molecule has 0 bridgehead atoms. The minimum atomic E-state index is -3.64. The average Bonchev–Trinajstić information content (AvgIpc) is 2.90. The Hall–Kier alpha value is -3.83. The highest BCUT2D eigenvalue weighted by Crippen LogP contribution is 2.40. The van der Waals surface area contributed by atoms with E-state index in [4.69, 9.17) is 4.74 Å². The molecular formula is C29H33FN6O3S. The number of halogens is 1. The van der Waals surface area contributed by atoms with Crippen LogP contribution in [0.1, 0.15) is 32.8 Å². The fourth-order valence-corrected chi connectivity index (χ4v) is 5.33. The highest BCUT2D eigenvalue weighted by Gasteiger charge is 2.30. The number of alkyl halides is 1. The van der Waals surface area contributed by atoms with Gasteiger partial charge in [-0.2, -0.15) is 0 Å². The maximum absolute atomic E-state index is 13.9. The van der Waals surface area contributed by atoms with Crippen molar-refractivity contribution in [2.75, 3.05) is 23.1 Å². The number of sulfonamides is 1. The van der Waals surface area contributed by atoms with Crippen molar-refractivity contribution >= 4 is 32.3 Å². The number of pyridine rings is 1. The lowest BCUT2D eigenvalue weighted by molar-refractivity contribution is 0.255. The van der Waals surface area contributed by atoms with Gasteiger partial charge in [-0.3, -0.25) is 4.72 Å². The number of anilines is 2. The van der Waals surface area contributed by atoms with Gasteiger partial charge in [0.15, 0.2) is 0 Å². The topological polar surface area (TPSA) is 118 Å². The minimum absolute atomic E-state index is 0.0766. The van der Waals surface area contributed by atoms with E-state index < -0.39 is 20.9 Å². The van der Waals surface area contributed by atoms with E-state index in [1.54, 1.807) is 45.4 Å². The predicted molar refractivity (Wildman–Crippen MR) is 156 cm³/mol. The van der Waals surface area contributed by atoms with Gasteiger partial charge in [-0.05, 0) is 51.5 Å². The van der Waals surface area contributed by atoms with Gasteiger partial charge in [0.25, 0.3) is 0 Å². The molecule has 1 fully saturated rings. The van der Waals surface area contributed by atoms with Gasteiger partial charge in [0.05, 0.1) is 10.4 Å². The van der Waals surface area contributed by atoms with Crippen molar-refractivity contribution in [1.82, 2.24) is 20.3 Å². The van der Waals surface area contributed by atoms with Gasteiger partial charge in [-0.15, -0.1) is 0 Å². The summed E-state index contributed by atoms with van der Waals surface area (Å²) in [5, 5.41) is 7.81. The summed E-state index contributed by atoms with van der Waals surface area (Å²) >= 11 is 0. The summed E-state index contributed by atoms with van der Waals surface area (Å²) in [6.07, 6.45) is 4.31. The van der Waals surface area contributed by atoms with Crippen molar-refractivity contribution in [3.05, 3.63) is 66.6 Å². The highest BCUT2D eigenvalue weighted by atomic mass is 32.2. The number of hydrogen-bond donors (Lipinski definition) is 3. The molecule has 2 unspecified atom stereocenters. The van der Waals surface area contributed by atoms with E-state index in [2.05, 4.69) is 30.3 Å². The van der Waals surface area contributed by atoms with E-state index in [0.717, 1.165) is 16.5 Å². The molecule has 0 saturated carbocycles. The third-order valence-electron chi connectivity index (χ3n) is 6.78. The molecule has 2 atom stereocenters. The molecule has 0 radical (unpaired) electrons. The first-order valence-corrected chi connectivity index (χ1v) is 14.6. The molecule has 11 heteroatoms. The van der Waals surface area contributed by atoms with Crippen molar-refractivity contribution in [1.29, 1.82) is 0 Å². The van der Waals surface area contributed by atoms with Gasteiger partial charge in [-0.25, -0.2) is 27.8 Å². The van der Waals surface area contributed by atoms with Gasteiger partial charge in [0.1, 0.15) is 23.4 Å². The van der Waals surface area contributed by atoms with Crippen molar-refractivity contribution in [3.8, 4) is 22.9 Å². The Morgan fingerprint density at radius 2 is 1.75 bits per heavy atom. The molecule has 0 spiro atoms. The number of nitrogens with zero attached hydrogens (tertiary/aromatic N) is 3. The Kier molecular flexibility index (Phi) is 7.61. The van der Waals surface area contributed by atoms with Crippen LogP contribution in [0.5, 0.6) is 11.6 Å². The monoisotopic (exact) mass is 564 g/mol. The molecule has 1 saturated heterocycles. The fraction of sp³-hybridized carbons (Fsp3) is 0.345. The van der Waals surface area contributed by atoms with Gasteiger partial charge < -0.3 is 15.4 Å². The fourth-order valence-electron chi connectivity index (χ4n) is 4.57. The van der Waals surface area contributed by atoms with Gasteiger partial charge >= 0.3 is 0 Å². The summed E-state index contributed by atoms with van der Waals surface area (Å²) in [5.74, 6) is 1.44. The van der Waals surface area contributed by atoms with Gasteiger partial charge in [-0.1, -0.05) is 24.3 Å². The van der Waals surface area contributed by atoms with Crippen LogP contribution < -0.4 is 20.1 Å². The number of hydrogen-bond acceptors (Lipinski definition) is 8. The van der Waals surface area contributed by atoms with E-state index >= 15 is 0 Å². The summed E-state index contributed by atoms with van der Waals surface area (Å²) in [5.41, 5.74) is 2.45. The van der Waals surface area contributed by atoms with Crippen molar-refractivity contribution in [2.24, 2.45) is 0 Å². The molecule has 0 amide bonds. The third kappa shape index (κ3) is 5.85. The average molecular weight is 565 g/mol. The quantitative estimate of drug-likeness (QED) is 0.271. The maximum atomic E-state index is 13.9. The second-order valence-corrected chi connectivity index (χ2v) is 13.3. The first-order chi connectivity index (χ1) is 19.0. The maximum Gasteiger partial charge on any atom is 0.246 e. The van der Waals surface area contributed by atoms with Crippen LogP contribution in [0.3, 0.4) is 0 Å². The highest BCUT2D eigenvalue weighted by molar-refractivity contribution is 7.94. The Labute approximate surface area is 233 Å². The number of fused-ring (bicyclic) bond motifs is 1. The van der Waals surface area contributed by atoms with E-state index in [1.165, 1.54) is 0 Å². The summed E-state index contributed by atoms with van der Waals surface area (Å²) < 4.78 is 47.9. The zero-order valence-electron chi connectivity index (χ0n) is 22.9. The largest absolute Gasteiger partial charge is 0.436 e. The molecule has 4 aromatic rings. The Balaban J connectivity index is 1.49. The van der Waals surface area contributed by atoms with Crippen LogP contribution in [0.2, 0.25) is 0 Å². The summed E-state index contributed by atoms with van der Waals surface area (Å²) in [6, 6.07) is 12.8. The second kappa shape index (κ2) is 11.0. The van der Waals surface area contributed by atoms with Crippen LogP contribution in [0.4, 0.5) is 15.9 Å². The lowest BCUT2D eigenvalue weighted by Gasteiger charge is -2.26. The number of piperidine rings is 1. The van der Waals surface area contributed by atoms with Gasteiger partial charge in [0.2, 0.25) is 15.9 Å². The lowest BCUT2D eigenvalue weighted by Crippen LogP contribution is -2.44. The van der Waals surface area contributed by atoms with Crippen molar-refractivity contribution in [2.45, 2.75) is 51.1 Å². The van der Waals surface area contributed by atoms with Crippen molar-refractivity contribution in [3.63, 3.8) is 0 Å². The number of rotatable bonds is 7. The standard InChI is InChI=1S/C29H33FN6O3S/c1-18-13-24(36-40(37,38)29(2,3)4)22-7-5-6-8-23(22)27(18)39-28-26(33-11-12-34-28)19-9-10-32-25(14-19)35-21-15-20(30)16-31-17-21/h5-14,20-21,31,36H,15-17H2,1-4H3,(H,32,35). The molecule has 9 nitrogen and oxygen atoms in total. The second-order valence-electron chi connectivity index (χ2n) is 10.9. The SMILES string of the molecule is Cc1cc(NS(=O)(=O)C(C)(C)C)c2ccccc2c1Oc1nccnc1-c1ccnc(NC2CNCC(F)C2)c1. The summed E-state index contributed by atoms with van der Waals surface area (Å²) in [6.45, 7) is 7.84. The predicted octanol–water partition coefficient (Wildman–Crippen LogP) is 5.44. The molecule has 210 valence electrons. The molecule has 2 aromatic carbocycles. The van der Waals surface area contributed by atoms with E-state index in [1.807, 2.05) is 43.3 Å². The molecule has 3 heterocycles. The molecule has 1 aliphatic heterocycles. The number of nitrogens with one attached hydrogen (secondary N) is 3. The number of aromatic nitrogens is 3. The molecule has 1 aliphatic rings. The number of ether oxygens (including phenoxy) is 1. The first kappa shape index (κ1) is 27.7. The van der Waals surface area contributed by atoms with Gasteiger partial charge in [0, 0.05) is 60.5 Å². The smallest absolute Gasteiger partial charge is 0.246 e. The van der Waals surface area contributed by atoms with Crippen LogP contribution in [0.25, 0.3) is 22.0 Å². The Morgan fingerprint density at radius 3 is 2.50 bits per heavy atom. The Bertz CT molecular complexity index is 1640. The van der Waals surface area contributed by atoms with E-state index in [0.29, 0.717) is 53.7 Å². The zero-order chi connectivity index (χ0) is 28.5. The number of benzene rings is 2. The molecule has 3 N–H and O–H groups in total. The molecule has 5 rings (SSSR count). The summed E-state index contributed by atoms with van der Waals surface area (Å²) in [4.78, 5) is 13.4. The van der Waals surface area contributed by atoms with Crippen LogP contribution in [0.15, 0.2) is 61.1 Å². The van der Waals surface area contributed by atoms with Crippen LogP contribution >= 0.6 is 0 Å². The van der Waals surface area contributed by atoms with Crippen LogP contribution in [0, 0.1) is 6.92 Å². The lowest BCUT2D eigenvalue weighted by atomic mass is 10.0. The molecular weight excluding hydrogens is 531 g/mol. The Morgan fingerprint density at radius 1 is 1.00 bits per heavy atom. The summed E-state index contributed by atoms with van der Waals surface area (Å²) in [7, 11) is -3.64. The molecule has 40 heavy (non-hydrogen) atoms. The van der Waals surface area contributed by atoms with E-state index in [9.17, 15) is 12.8 Å². The first-order valence-electron chi connectivity index (χ1n) is 13.1. The normalized spacial score (nSPS) is 17.9. The molecule has 0 aliphatic carbocycles. The third-order valence-corrected chi connectivity index (χ3v) is 8.88. The van der Waals surface area contributed by atoms with Crippen molar-refractivity contribution < 1.29 is 17.5 Å². The molecule has 2 aromatic heterocycles. The van der Waals surface area contributed by atoms with Crippen LogP contribution in [-0.2, 0) is 10.0 Å². The number of aryl methyl sites for hydroxylation is 1. The van der Waals surface area contributed by atoms with E-state index in [-0.39, 0.29) is 6.04 Å². The minimum Gasteiger partial charge on any atom is -0.436 e.